The smallest absolute Gasteiger partial charge is 0.123 e. The third-order valence-electron chi connectivity index (χ3n) is 3.15. The largest absolute Gasteiger partial charge is 1.00 e. The van der Waals surface area contributed by atoms with Gasteiger partial charge in [-0.1, -0.05) is 12.1 Å². The van der Waals surface area contributed by atoms with Crippen molar-refractivity contribution in [3.63, 3.8) is 0 Å². The molecule has 0 bridgehead atoms. The second-order valence-electron chi connectivity index (χ2n) is 4.61. The molecule has 1 saturated heterocycles. The van der Waals surface area contributed by atoms with Gasteiger partial charge in [0.1, 0.15) is 5.82 Å². The van der Waals surface area contributed by atoms with Gasteiger partial charge in [0.05, 0.1) is 13.2 Å². The number of hydrogen-bond donors (Lipinski definition) is 1. The number of rotatable bonds is 6. The van der Waals surface area contributed by atoms with Crippen molar-refractivity contribution < 1.29 is 33.9 Å². The molecule has 1 heterocycles. The predicted molar refractivity (Wildman–Crippen MR) is 70.0 cm³/mol. The van der Waals surface area contributed by atoms with Crippen LogP contribution in [0.15, 0.2) is 24.3 Å². The highest BCUT2D eigenvalue weighted by atomic mass is 35.5. The van der Waals surface area contributed by atoms with Gasteiger partial charge in [-0.15, -0.1) is 0 Å². The maximum atomic E-state index is 12.9. The van der Waals surface area contributed by atoms with Crippen molar-refractivity contribution >= 4 is 0 Å². The predicted octanol–water partition coefficient (Wildman–Crippen LogP) is -4.35. The van der Waals surface area contributed by atoms with Gasteiger partial charge in [0.2, 0.25) is 0 Å². The van der Waals surface area contributed by atoms with E-state index in [9.17, 15) is 4.39 Å². The molecule has 0 radical (unpaired) electrons. The molecule has 0 aliphatic carbocycles. The minimum absolute atomic E-state index is 0. The summed E-state index contributed by atoms with van der Waals surface area (Å²) in [5.74, 6) is -0.164. The molecule has 0 unspecified atom stereocenters. The van der Waals surface area contributed by atoms with Crippen LogP contribution in [0.4, 0.5) is 4.39 Å². The van der Waals surface area contributed by atoms with Crippen molar-refractivity contribution in [2.75, 3.05) is 39.4 Å². The normalized spacial score (nSPS) is 15.2. The number of nitrogens with one attached hydrogen (secondary N) is 1. The molecule has 1 fully saturated rings. The summed E-state index contributed by atoms with van der Waals surface area (Å²) in [6.07, 6.45) is 1.12. The number of benzene rings is 1. The summed E-state index contributed by atoms with van der Waals surface area (Å²) in [5.41, 5.74) is 1.00. The topological polar surface area (TPSA) is 24.5 Å². The van der Waals surface area contributed by atoms with Crippen molar-refractivity contribution in [3.8, 4) is 0 Å². The van der Waals surface area contributed by atoms with Crippen LogP contribution in [0, 0.1) is 5.82 Å². The fourth-order valence-corrected chi connectivity index (χ4v) is 2.13. The Morgan fingerprint density at radius 2 is 1.95 bits per heavy atom. The van der Waals surface area contributed by atoms with E-state index in [-0.39, 0.29) is 30.6 Å². The second kappa shape index (κ2) is 11.3. The number of hydrogen-bond acceptors (Lipinski definition) is 3. The molecule has 0 saturated carbocycles. The first-order valence-corrected chi connectivity index (χ1v) is 6.60. The van der Waals surface area contributed by atoms with Gasteiger partial charge in [0.15, 0.2) is 0 Å². The minimum atomic E-state index is -0.164. The van der Waals surface area contributed by atoms with E-state index >= 15 is 0 Å². The molecular weight excluding hydrogens is 302 g/mol. The zero-order valence-electron chi connectivity index (χ0n) is 11.5. The highest BCUT2D eigenvalue weighted by Gasteiger charge is 2.08. The summed E-state index contributed by atoms with van der Waals surface area (Å²) < 4.78 is 18.2. The van der Waals surface area contributed by atoms with E-state index < -0.39 is 0 Å². The molecule has 0 spiro atoms. The van der Waals surface area contributed by atoms with Crippen LogP contribution >= 0.6 is 0 Å². The van der Waals surface area contributed by atoms with E-state index in [1.54, 1.807) is 12.1 Å². The molecule has 116 valence electrons. The summed E-state index contributed by atoms with van der Waals surface area (Å²) in [5, 5.41) is 3.34. The fourth-order valence-electron chi connectivity index (χ4n) is 2.13. The Hall–Kier alpha value is -0.390. The average molecular weight is 323 g/mol. The van der Waals surface area contributed by atoms with Gasteiger partial charge in [0.25, 0.3) is 0 Å². The molecule has 0 aromatic heterocycles. The minimum Gasteiger partial charge on any atom is -1.00 e. The zero-order valence-corrected chi connectivity index (χ0v) is 13.0. The monoisotopic (exact) mass is 322 g/mol. The standard InChI is InChI=1S/C14H21FN2O.2ClH/c15-14-4-1-3-13(11-14)12-16-5-2-6-17-7-9-18-10-8-17;;/h1,3-4,11,16H,2,5-10,12H2;2*1H/p-2. The van der Waals surface area contributed by atoms with Crippen molar-refractivity contribution in [2.24, 2.45) is 0 Å². The molecule has 20 heavy (non-hydrogen) atoms. The van der Waals surface area contributed by atoms with Crippen molar-refractivity contribution in [1.29, 1.82) is 0 Å². The van der Waals surface area contributed by atoms with Crippen LogP contribution in [-0.4, -0.2) is 44.3 Å². The quantitative estimate of drug-likeness (QED) is 0.536. The lowest BCUT2D eigenvalue weighted by atomic mass is 10.2. The number of morpholine rings is 1. The Kier molecular flexibility index (Phi) is 11.1. The van der Waals surface area contributed by atoms with E-state index in [1.165, 1.54) is 6.07 Å². The Balaban J connectivity index is 0.00000180. The van der Waals surface area contributed by atoms with Crippen LogP contribution in [-0.2, 0) is 11.3 Å². The molecule has 0 atom stereocenters. The van der Waals surface area contributed by atoms with Crippen LogP contribution < -0.4 is 30.1 Å². The van der Waals surface area contributed by atoms with Crippen molar-refractivity contribution in [1.82, 2.24) is 10.2 Å². The van der Waals surface area contributed by atoms with Crippen molar-refractivity contribution in [2.45, 2.75) is 13.0 Å². The fraction of sp³-hybridized carbons (Fsp3) is 0.571. The van der Waals surface area contributed by atoms with E-state index in [0.717, 1.165) is 57.9 Å². The number of nitrogens with zero attached hydrogens (tertiary/aromatic N) is 1. The SMILES string of the molecule is Fc1cccc(CNCCCN2CCOCC2)c1.[Cl-].[Cl-]. The average Bonchev–Trinajstić information content (AvgIpc) is 2.40. The van der Waals surface area contributed by atoms with Crippen molar-refractivity contribution in [3.05, 3.63) is 35.6 Å². The number of ether oxygens (including phenoxy) is 1. The summed E-state index contributed by atoms with van der Waals surface area (Å²) >= 11 is 0. The molecule has 1 aromatic carbocycles. The molecule has 0 amide bonds. The molecule has 6 heteroatoms. The molecule has 1 aliphatic heterocycles. The van der Waals surface area contributed by atoms with Crippen LogP contribution in [0.5, 0.6) is 0 Å². The van der Waals surface area contributed by atoms with Gasteiger partial charge >= 0.3 is 0 Å². The van der Waals surface area contributed by atoms with Gasteiger partial charge in [-0.3, -0.25) is 4.90 Å². The first kappa shape index (κ1) is 19.6. The highest BCUT2D eigenvalue weighted by Crippen LogP contribution is 2.03. The van der Waals surface area contributed by atoms with Gasteiger partial charge in [-0.2, -0.15) is 0 Å². The Morgan fingerprint density at radius 3 is 2.65 bits per heavy atom. The molecule has 2 rings (SSSR count). The summed E-state index contributed by atoms with van der Waals surface area (Å²) in [7, 11) is 0. The lowest BCUT2D eigenvalue weighted by Gasteiger charge is -2.26. The molecular formula is C14H21Cl2FN2O-2. The highest BCUT2D eigenvalue weighted by molar-refractivity contribution is 5.15. The maximum Gasteiger partial charge on any atom is 0.123 e. The third kappa shape index (κ3) is 7.41. The second-order valence-corrected chi connectivity index (χ2v) is 4.61. The van der Waals surface area contributed by atoms with Crippen LogP contribution in [0.1, 0.15) is 12.0 Å². The maximum absolute atomic E-state index is 12.9. The van der Waals surface area contributed by atoms with E-state index in [2.05, 4.69) is 10.2 Å². The molecule has 3 nitrogen and oxygen atoms in total. The van der Waals surface area contributed by atoms with E-state index in [0.29, 0.717) is 0 Å². The first-order chi connectivity index (χ1) is 8.84. The van der Waals surface area contributed by atoms with Gasteiger partial charge < -0.3 is 34.9 Å². The molecule has 1 aromatic rings. The van der Waals surface area contributed by atoms with Crippen LogP contribution in [0.25, 0.3) is 0 Å². The Morgan fingerprint density at radius 1 is 1.20 bits per heavy atom. The third-order valence-corrected chi connectivity index (χ3v) is 3.15. The zero-order chi connectivity index (χ0) is 12.6. The van der Waals surface area contributed by atoms with Crippen LogP contribution in [0.3, 0.4) is 0 Å². The number of halogens is 3. The first-order valence-electron chi connectivity index (χ1n) is 6.60. The van der Waals surface area contributed by atoms with Gasteiger partial charge in [0, 0.05) is 19.6 Å². The van der Waals surface area contributed by atoms with E-state index in [4.69, 9.17) is 4.74 Å². The Labute approximate surface area is 132 Å². The molecule has 1 N–H and O–H groups in total. The van der Waals surface area contributed by atoms with E-state index in [1.807, 2.05) is 6.07 Å². The lowest BCUT2D eigenvalue weighted by molar-refractivity contribution is -0.00100. The van der Waals surface area contributed by atoms with Gasteiger partial charge in [-0.25, -0.2) is 4.39 Å². The summed E-state index contributed by atoms with van der Waals surface area (Å²) in [6, 6.07) is 6.75. The van der Waals surface area contributed by atoms with Crippen LogP contribution in [0.2, 0.25) is 0 Å². The summed E-state index contributed by atoms with van der Waals surface area (Å²) in [4.78, 5) is 2.42. The Bertz CT molecular complexity index is 363. The summed E-state index contributed by atoms with van der Waals surface area (Å²) in [6.45, 7) is 6.62. The lowest BCUT2D eigenvalue weighted by Crippen LogP contribution is -3.00. The van der Waals surface area contributed by atoms with Gasteiger partial charge in [-0.05, 0) is 37.2 Å². The molecule has 1 aliphatic rings.